The fourth-order valence-corrected chi connectivity index (χ4v) is 4.48. The third-order valence-electron chi connectivity index (χ3n) is 5.42. The van der Waals surface area contributed by atoms with E-state index in [1.807, 2.05) is 34.1 Å². The molecule has 2 amide bonds. The van der Waals surface area contributed by atoms with E-state index in [4.69, 9.17) is 39.5 Å². The van der Waals surface area contributed by atoms with Gasteiger partial charge in [-0.25, -0.2) is 0 Å². The van der Waals surface area contributed by atoms with Crippen molar-refractivity contribution in [1.82, 2.24) is 4.90 Å². The molecule has 2 aromatic carbocycles. The Labute approximate surface area is 196 Å². The van der Waals surface area contributed by atoms with E-state index in [0.29, 0.717) is 26.5 Å². The SMILES string of the molecule is O=C(CN1C[C@@H](C(=O)N2CCCCC2)Oc2ccccc21)Nc1cc(Cl)c(Cl)cc1Cl. The van der Waals surface area contributed by atoms with Crippen molar-refractivity contribution in [1.29, 1.82) is 0 Å². The third-order valence-corrected chi connectivity index (χ3v) is 6.46. The predicted molar refractivity (Wildman–Crippen MR) is 124 cm³/mol. The van der Waals surface area contributed by atoms with Crippen LogP contribution in [0.15, 0.2) is 36.4 Å². The molecule has 0 saturated carbocycles. The van der Waals surface area contributed by atoms with Gasteiger partial charge in [0.1, 0.15) is 5.75 Å². The molecule has 2 aromatic rings. The van der Waals surface area contributed by atoms with E-state index in [-0.39, 0.29) is 24.9 Å². The first kappa shape index (κ1) is 22.1. The first-order chi connectivity index (χ1) is 14.9. The van der Waals surface area contributed by atoms with Crippen LogP contribution >= 0.6 is 34.8 Å². The van der Waals surface area contributed by atoms with E-state index < -0.39 is 6.10 Å². The number of likely N-dealkylation sites (tertiary alicyclic amines) is 1. The summed E-state index contributed by atoms with van der Waals surface area (Å²) in [6, 6.07) is 10.4. The van der Waals surface area contributed by atoms with Crippen molar-refractivity contribution < 1.29 is 14.3 Å². The number of piperidine rings is 1. The standard InChI is InChI=1S/C22H22Cl3N3O3/c23-14-10-16(25)17(11-15(14)24)26-21(29)13-28-12-20(22(30)27-8-4-1-5-9-27)31-19-7-3-2-6-18(19)28/h2-3,6-7,10-11,20H,1,4-5,8-9,12-13H2,(H,26,29)/t20-/m0/s1. The molecule has 1 fully saturated rings. The normalized spacial score (nSPS) is 18.2. The van der Waals surface area contributed by atoms with Gasteiger partial charge in [-0.15, -0.1) is 0 Å². The van der Waals surface area contributed by atoms with Crippen LogP contribution in [0.2, 0.25) is 15.1 Å². The fraction of sp³-hybridized carbons (Fsp3) is 0.364. The lowest BCUT2D eigenvalue weighted by molar-refractivity contribution is -0.139. The molecule has 9 heteroatoms. The number of fused-ring (bicyclic) bond motifs is 1. The fourth-order valence-electron chi connectivity index (χ4n) is 3.88. The number of carbonyl (C=O) groups is 2. The zero-order chi connectivity index (χ0) is 22.0. The highest BCUT2D eigenvalue weighted by atomic mass is 35.5. The minimum absolute atomic E-state index is 0.0285. The van der Waals surface area contributed by atoms with Crippen LogP contribution in [0.3, 0.4) is 0 Å². The van der Waals surface area contributed by atoms with Crippen LogP contribution in [0, 0.1) is 0 Å². The predicted octanol–water partition coefficient (Wildman–Crippen LogP) is 4.87. The Hall–Kier alpha value is -2.15. The van der Waals surface area contributed by atoms with Gasteiger partial charge >= 0.3 is 0 Å². The summed E-state index contributed by atoms with van der Waals surface area (Å²) in [5, 5.41) is 3.67. The first-order valence-corrected chi connectivity index (χ1v) is 11.3. The molecule has 2 aliphatic heterocycles. The molecule has 0 bridgehead atoms. The third kappa shape index (κ3) is 5.03. The lowest BCUT2D eigenvalue weighted by atomic mass is 10.1. The Kier molecular flexibility index (Phi) is 6.80. The number of benzene rings is 2. The van der Waals surface area contributed by atoms with Crippen LogP contribution in [-0.4, -0.2) is 49.0 Å². The lowest BCUT2D eigenvalue weighted by Gasteiger charge is -2.38. The van der Waals surface area contributed by atoms with Gasteiger partial charge in [-0.3, -0.25) is 9.59 Å². The van der Waals surface area contributed by atoms with Gasteiger partial charge in [0.15, 0.2) is 6.10 Å². The molecule has 164 valence electrons. The number of ether oxygens (including phenoxy) is 1. The maximum atomic E-state index is 13.0. The van der Waals surface area contributed by atoms with Crippen LogP contribution in [0.1, 0.15) is 19.3 Å². The molecule has 0 aliphatic carbocycles. The monoisotopic (exact) mass is 481 g/mol. The highest BCUT2D eigenvalue weighted by Crippen LogP contribution is 2.35. The Bertz CT molecular complexity index is 995. The van der Waals surface area contributed by atoms with Gasteiger partial charge in [0.25, 0.3) is 5.91 Å². The summed E-state index contributed by atoms with van der Waals surface area (Å²) in [6.07, 6.45) is 2.49. The van der Waals surface area contributed by atoms with E-state index in [0.717, 1.165) is 38.0 Å². The van der Waals surface area contributed by atoms with Gasteiger partial charge in [-0.1, -0.05) is 46.9 Å². The highest BCUT2D eigenvalue weighted by Gasteiger charge is 2.34. The Morgan fingerprint density at radius 3 is 2.48 bits per heavy atom. The molecule has 1 saturated heterocycles. The summed E-state index contributed by atoms with van der Waals surface area (Å²) in [5.74, 6) is 0.262. The van der Waals surface area contributed by atoms with Gasteiger partial charge in [-0.2, -0.15) is 0 Å². The Morgan fingerprint density at radius 1 is 1.00 bits per heavy atom. The van der Waals surface area contributed by atoms with Crippen molar-refractivity contribution in [3.05, 3.63) is 51.5 Å². The van der Waals surface area contributed by atoms with Gasteiger partial charge in [0.05, 0.1) is 39.5 Å². The number of anilines is 2. The molecule has 0 spiro atoms. The zero-order valence-electron chi connectivity index (χ0n) is 16.7. The van der Waals surface area contributed by atoms with Crippen molar-refractivity contribution in [3.8, 4) is 5.75 Å². The molecule has 31 heavy (non-hydrogen) atoms. The van der Waals surface area contributed by atoms with Crippen molar-refractivity contribution in [2.24, 2.45) is 0 Å². The van der Waals surface area contributed by atoms with Crippen molar-refractivity contribution in [2.75, 3.05) is 36.4 Å². The first-order valence-electron chi connectivity index (χ1n) is 10.2. The summed E-state index contributed by atoms with van der Waals surface area (Å²) in [6.45, 7) is 1.81. The minimum Gasteiger partial charge on any atom is -0.477 e. The summed E-state index contributed by atoms with van der Waals surface area (Å²) in [7, 11) is 0. The molecule has 0 unspecified atom stereocenters. The van der Waals surface area contributed by atoms with Crippen LogP contribution in [-0.2, 0) is 9.59 Å². The van der Waals surface area contributed by atoms with E-state index >= 15 is 0 Å². The molecule has 1 atom stereocenters. The smallest absolute Gasteiger partial charge is 0.265 e. The van der Waals surface area contributed by atoms with Crippen molar-refractivity contribution in [3.63, 3.8) is 0 Å². The Balaban J connectivity index is 1.50. The molecule has 4 rings (SSSR count). The number of nitrogens with zero attached hydrogens (tertiary/aromatic N) is 2. The van der Waals surface area contributed by atoms with Gasteiger partial charge < -0.3 is 19.9 Å². The minimum atomic E-state index is -0.658. The van der Waals surface area contributed by atoms with Gasteiger partial charge in [0, 0.05) is 13.1 Å². The summed E-state index contributed by atoms with van der Waals surface area (Å²) >= 11 is 18.2. The summed E-state index contributed by atoms with van der Waals surface area (Å²) < 4.78 is 6.01. The molecule has 2 aliphatic rings. The number of hydrogen-bond acceptors (Lipinski definition) is 4. The lowest BCUT2D eigenvalue weighted by Crippen LogP contribution is -2.52. The molecule has 6 nitrogen and oxygen atoms in total. The quantitative estimate of drug-likeness (QED) is 0.632. The molecule has 0 radical (unpaired) electrons. The van der Waals surface area contributed by atoms with Crippen LogP contribution < -0.4 is 15.0 Å². The van der Waals surface area contributed by atoms with Gasteiger partial charge in [0.2, 0.25) is 5.91 Å². The second-order valence-corrected chi connectivity index (χ2v) is 8.86. The zero-order valence-corrected chi connectivity index (χ0v) is 19.0. The Morgan fingerprint density at radius 2 is 1.71 bits per heavy atom. The molecule has 2 heterocycles. The average Bonchev–Trinajstić information content (AvgIpc) is 2.77. The van der Waals surface area contributed by atoms with Crippen molar-refractivity contribution in [2.45, 2.75) is 25.4 Å². The molecule has 1 N–H and O–H groups in total. The number of hydrogen-bond donors (Lipinski definition) is 1. The van der Waals surface area contributed by atoms with Gasteiger partial charge in [-0.05, 0) is 43.5 Å². The molecule has 0 aromatic heterocycles. The number of rotatable bonds is 4. The largest absolute Gasteiger partial charge is 0.477 e. The van der Waals surface area contributed by atoms with E-state index in [1.165, 1.54) is 12.1 Å². The van der Waals surface area contributed by atoms with E-state index in [1.54, 1.807) is 0 Å². The number of amides is 2. The number of para-hydroxylation sites is 2. The van der Waals surface area contributed by atoms with E-state index in [2.05, 4.69) is 5.32 Å². The average molecular weight is 483 g/mol. The number of nitrogens with one attached hydrogen (secondary N) is 1. The maximum absolute atomic E-state index is 13.0. The molecular weight excluding hydrogens is 461 g/mol. The van der Waals surface area contributed by atoms with E-state index in [9.17, 15) is 9.59 Å². The van der Waals surface area contributed by atoms with Crippen molar-refractivity contribution >= 4 is 58.0 Å². The summed E-state index contributed by atoms with van der Waals surface area (Å²) in [4.78, 5) is 29.5. The maximum Gasteiger partial charge on any atom is 0.265 e. The van der Waals surface area contributed by atoms with Crippen LogP contribution in [0.25, 0.3) is 0 Å². The highest BCUT2D eigenvalue weighted by molar-refractivity contribution is 6.44. The topological polar surface area (TPSA) is 61.9 Å². The summed E-state index contributed by atoms with van der Waals surface area (Å²) in [5.41, 5.74) is 1.14. The number of carbonyl (C=O) groups excluding carboxylic acids is 2. The second kappa shape index (κ2) is 9.55. The van der Waals surface area contributed by atoms with Crippen LogP contribution in [0.4, 0.5) is 11.4 Å². The number of halogens is 3. The molecular formula is C22H22Cl3N3O3. The second-order valence-electron chi connectivity index (χ2n) is 7.64. The van der Waals surface area contributed by atoms with Crippen LogP contribution in [0.5, 0.6) is 5.75 Å².